The van der Waals surface area contributed by atoms with Gasteiger partial charge in [0.2, 0.25) is 0 Å². The number of hydrogen-bond donors (Lipinski definition) is 0. The van der Waals surface area contributed by atoms with Crippen molar-refractivity contribution in [1.82, 2.24) is 0 Å². The third-order valence-electron chi connectivity index (χ3n) is 4.23. The Kier molecular flexibility index (Phi) is 5.18. The van der Waals surface area contributed by atoms with Gasteiger partial charge in [-0.05, 0) is 43.3 Å². The third kappa shape index (κ3) is 2.59. The lowest BCUT2D eigenvalue weighted by Gasteiger charge is -2.34. The van der Waals surface area contributed by atoms with Gasteiger partial charge in [0.1, 0.15) is 5.44 Å². The zero-order valence-corrected chi connectivity index (χ0v) is 12.6. The van der Waals surface area contributed by atoms with E-state index in [1.54, 1.807) is 0 Å². The average molecular weight is 244 g/mol. The van der Waals surface area contributed by atoms with E-state index in [0.29, 0.717) is 11.4 Å². The molecule has 1 fully saturated rings. The van der Waals surface area contributed by atoms with Gasteiger partial charge in [-0.15, -0.1) is 11.8 Å². The Bertz CT molecular complexity index is 217. The van der Waals surface area contributed by atoms with E-state index in [-0.39, 0.29) is 5.60 Å². The molecule has 0 radical (unpaired) electrons. The maximum atomic E-state index is 6.44. The molecule has 1 saturated heterocycles. The van der Waals surface area contributed by atoms with Crippen LogP contribution in [0.5, 0.6) is 0 Å². The highest BCUT2D eigenvalue weighted by Gasteiger charge is 2.50. The Labute approximate surface area is 106 Å². The van der Waals surface area contributed by atoms with E-state index >= 15 is 0 Å². The van der Waals surface area contributed by atoms with Gasteiger partial charge in [-0.2, -0.15) is 0 Å². The first-order chi connectivity index (χ1) is 7.50. The molecule has 0 saturated carbocycles. The van der Waals surface area contributed by atoms with Crippen LogP contribution in [0, 0.1) is 17.8 Å². The Morgan fingerprint density at radius 2 is 1.94 bits per heavy atom. The van der Waals surface area contributed by atoms with Crippen molar-refractivity contribution in [3.63, 3.8) is 0 Å². The Hall–Kier alpha value is 0.310. The molecule has 1 nitrogen and oxygen atoms in total. The normalized spacial score (nSPS) is 39.6. The second kappa shape index (κ2) is 5.77. The largest absolute Gasteiger partial charge is 0.361 e. The highest BCUT2D eigenvalue weighted by Crippen LogP contribution is 2.49. The van der Waals surface area contributed by atoms with Crippen LogP contribution in [-0.4, -0.2) is 17.3 Å². The molecule has 1 heterocycles. The van der Waals surface area contributed by atoms with Crippen molar-refractivity contribution in [1.29, 1.82) is 0 Å². The highest BCUT2D eigenvalue weighted by molar-refractivity contribution is 7.99. The summed E-state index contributed by atoms with van der Waals surface area (Å²) < 4.78 is 6.44. The highest BCUT2D eigenvalue weighted by atomic mass is 32.2. The van der Waals surface area contributed by atoms with Crippen molar-refractivity contribution in [3.8, 4) is 0 Å². The molecule has 0 spiro atoms. The molecule has 0 aromatic heterocycles. The molecule has 2 heteroatoms. The predicted molar refractivity (Wildman–Crippen MR) is 73.8 cm³/mol. The zero-order chi connectivity index (χ0) is 12.3. The first-order valence-corrected chi connectivity index (χ1v) is 8.00. The fourth-order valence-electron chi connectivity index (χ4n) is 3.30. The van der Waals surface area contributed by atoms with E-state index in [4.69, 9.17) is 4.74 Å². The summed E-state index contributed by atoms with van der Waals surface area (Å²) in [7, 11) is 0. The second-order valence-electron chi connectivity index (χ2n) is 5.60. The molecule has 0 aliphatic carbocycles. The van der Waals surface area contributed by atoms with E-state index in [1.165, 1.54) is 12.8 Å². The fraction of sp³-hybridized carbons (Fsp3) is 1.00. The molecule has 1 aliphatic heterocycles. The standard InChI is InChI=1S/C14H28OS/c1-7-12-11(5)14(8-2,9-10(3)4)15-13(12)16-6/h10-13H,7-9H2,1-6H3. The molecule has 96 valence electrons. The van der Waals surface area contributed by atoms with Crippen LogP contribution in [0.4, 0.5) is 0 Å². The molecule has 0 aromatic rings. The maximum Gasteiger partial charge on any atom is 0.106 e. The molecule has 1 rings (SSSR count). The lowest BCUT2D eigenvalue weighted by molar-refractivity contribution is -0.0465. The smallest absolute Gasteiger partial charge is 0.106 e. The molecule has 0 aromatic carbocycles. The van der Waals surface area contributed by atoms with E-state index in [2.05, 4.69) is 40.9 Å². The summed E-state index contributed by atoms with van der Waals surface area (Å²) in [6.07, 6.45) is 5.78. The maximum absolute atomic E-state index is 6.44. The van der Waals surface area contributed by atoms with Crippen LogP contribution in [0.3, 0.4) is 0 Å². The van der Waals surface area contributed by atoms with Crippen LogP contribution >= 0.6 is 11.8 Å². The van der Waals surface area contributed by atoms with E-state index in [1.807, 2.05) is 11.8 Å². The van der Waals surface area contributed by atoms with E-state index < -0.39 is 0 Å². The third-order valence-corrected chi connectivity index (χ3v) is 5.14. The Morgan fingerprint density at radius 3 is 2.25 bits per heavy atom. The molecule has 1 aliphatic rings. The first kappa shape index (κ1) is 14.4. The van der Waals surface area contributed by atoms with Gasteiger partial charge in [0.15, 0.2) is 0 Å². The summed E-state index contributed by atoms with van der Waals surface area (Å²) in [6, 6.07) is 0. The van der Waals surface area contributed by atoms with Crippen LogP contribution in [0.1, 0.15) is 53.9 Å². The summed E-state index contributed by atoms with van der Waals surface area (Å²) in [5, 5.41) is 0. The number of rotatable bonds is 5. The monoisotopic (exact) mass is 244 g/mol. The predicted octanol–water partition coefficient (Wildman–Crippen LogP) is 4.56. The molecule has 16 heavy (non-hydrogen) atoms. The van der Waals surface area contributed by atoms with Gasteiger partial charge in [-0.3, -0.25) is 0 Å². The minimum Gasteiger partial charge on any atom is -0.361 e. The Morgan fingerprint density at radius 1 is 1.31 bits per heavy atom. The van der Waals surface area contributed by atoms with Crippen LogP contribution in [-0.2, 0) is 4.74 Å². The quantitative estimate of drug-likeness (QED) is 0.701. The lowest BCUT2D eigenvalue weighted by atomic mass is 9.75. The van der Waals surface area contributed by atoms with Crippen molar-refractivity contribution >= 4 is 11.8 Å². The number of hydrogen-bond acceptors (Lipinski definition) is 2. The van der Waals surface area contributed by atoms with Crippen LogP contribution in [0.2, 0.25) is 0 Å². The molecule has 4 unspecified atom stereocenters. The summed E-state index contributed by atoms with van der Waals surface area (Å²) in [4.78, 5) is 0. The van der Waals surface area contributed by atoms with Crippen LogP contribution in [0.15, 0.2) is 0 Å². The summed E-state index contributed by atoms with van der Waals surface area (Å²) in [5.41, 5.74) is 0.557. The van der Waals surface area contributed by atoms with Gasteiger partial charge in [0, 0.05) is 0 Å². The van der Waals surface area contributed by atoms with Crippen LogP contribution in [0.25, 0.3) is 0 Å². The first-order valence-electron chi connectivity index (χ1n) is 6.71. The Balaban J connectivity index is 2.86. The van der Waals surface area contributed by atoms with Crippen molar-refractivity contribution in [2.24, 2.45) is 17.8 Å². The number of ether oxygens (including phenoxy) is 1. The fourth-order valence-corrected chi connectivity index (χ4v) is 4.36. The van der Waals surface area contributed by atoms with Gasteiger partial charge in [0.05, 0.1) is 5.60 Å². The zero-order valence-electron chi connectivity index (χ0n) is 11.7. The molecule has 0 N–H and O–H groups in total. The molecular weight excluding hydrogens is 216 g/mol. The van der Waals surface area contributed by atoms with Crippen molar-refractivity contribution < 1.29 is 4.74 Å². The van der Waals surface area contributed by atoms with Crippen molar-refractivity contribution in [2.75, 3.05) is 6.26 Å². The molecule has 0 bridgehead atoms. The van der Waals surface area contributed by atoms with Crippen molar-refractivity contribution in [2.45, 2.75) is 64.9 Å². The van der Waals surface area contributed by atoms with Crippen LogP contribution < -0.4 is 0 Å². The molecular formula is C14H28OS. The van der Waals surface area contributed by atoms with Gasteiger partial charge in [0.25, 0.3) is 0 Å². The minimum atomic E-state index is 0.141. The van der Waals surface area contributed by atoms with E-state index in [0.717, 1.165) is 18.3 Å². The summed E-state index contributed by atoms with van der Waals surface area (Å²) in [6.45, 7) is 11.6. The SMILES string of the molecule is CCC1C(SC)OC(CC)(CC(C)C)C1C. The topological polar surface area (TPSA) is 9.23 Å². The van der Waals surface area contributed by atoms with E-state index in [9.17, 15) is 0 Å². The van der Waals surface area contributed by atoms with Gasteiger partial charge in [-0.1, -0.05) is 34.6 Å². The lowest BCUT2D eigenvalue weighted by Crippen LogP contribution is -2.36. The molecule has 0 amide bonds. The number of thioether (sulfide) groups is 1. The minimum absolute atomic E-state index is 0.141. The van der Waals surface area contributed by atoms with Gasteiger partial charge < -0.3 is 4.74 Å². The second-order valence-corrected chi connectivity index (χ2v) is 6.54. The summed E-state index contributed by atoms with van der Waals surface area (Å²) >= 11 is 1.89. The van der Waals surface area contributed by atoms with Gasteiger partial charge >= 0.3 is 0 Å². The summed E-state index contributed by atoms with van der Waals surface area (Å²) in [5.74, 6) is 2.15. The average Bonchev–Trinajstić information content (AvgIpc) is 2.51. The van der Waals surface area contributed by atoms with Gasteiger partial charge in [-0.25, -0.2) is 0 Å². The van der Waals surface area contributed by atoms with Crippen molar-refractivity contribution in [3.05, 3.63) is 0 Å². The molecule has 4 atom stereocenters.